The second kappa shape index (κ2) is 10.3. The molecule has 4 heteroatoms. The zero-order valence-corrected chi connectivity index (χ0v) is 14.5. The van der Waals surface area contributed by atoms with Gasteiger partial charge in [-0.1, -0.05) is 49.9 Å². The Labute approximate surface area is 147 Å². The quantitative estimate of drug-likeness (QED) is 0.346. The predicted molar refractivity (Wildman–Crippen MR) is 95.7 cm³/mol. The van der Waals surface area contributed by atoms with Crippen LogP contribution >= 0.6 is 11.6 Å². The molecular weight excluding hydrogens is 330 g/mol. The molecule has 1 nitrogen and oxygen atoms in total. The van der Waals surface area contributed by atoms with Gasteiger partial charge in [0, 0.05) is 11.4 Å². The van der Waals surface area contributed by atoms with Gasteiger partial charge in [-0.15, -0.1) is 11.6 Å². The first kappa shape index (κ1) is 18.7. The van der Waals surface area contributed by atoms with Crippen molar-refractivity contribution in [2.45, 2.75) is 38.5 Å². The van der Waals surface area contributed by atoms with E-state index in [4.69, 9.17) is 16.3 Å². The highest BCUT2D eigenvalue weighted by atomic mass is 35.5. The highest BCUT2D eigenvalue weighted by molar-refractivity contribution is 6.17. The summed E-state index contributed by atoms with van der Waals surface area (Å²) in [5.41, 5.74) is 0.421. The number of benzene rings is 2. The maximum atomic E-state index is 14.2. The number of hydrogen-bond acceptors (Lipinski definition) is 1. The van der Waals surface area contributed by atoms with E-state index >= 15 is 0 Å². The zero-order chi connectivity index (χ0) is 17.2. The van der Waals surface area contributed by atoms with Crippen LogP contribution in [0.5, 0.6) is 5.75 Å². The molecule has 0 aliphatic heterocycles. The second-order valence-corrected chi connectivity index (χ2v) is 6.13. The maximum Gasteiger partial charge on any atom is 0.134 e. The van der Waals surface area contributed by atoms with Gasteiger partial charge in [0.2, 0.25) is 0 Å². The third kappa shape index (κ3) is 5.48. The Morgan fingerprint density at radius 2 is 1.42 bits per heavy atom. The van der Waals surface area contributed by atoms with Gasteiger partial charge in [-0.05, 0) is 31.0 Å². The van der Waals surface area contributed by atoms with Crippen molar-refractivity contribution in [3.8, 4) is 16.9 Å². The van der Waals surface area contributed by atoms with Crippen molar-refractivity contribution in [3.63, 3.8) is 0 Å². The molecule has 0 N–H and O–H groups in total. The summed E-state index contributed by atoms with van der Waals surface area (Å²) in [5.74, 6) is 0.189. The van der Waals surface area contributed by atoms with Crippen LogP contribution in [0.4, 0.5) is 8.78 Å². The van der Waals surface area contributed by atoms with Crippen molar-refractivity contribution in [2.24, 2.45) is 0 Å². The largest absolute Gasteiger partial charge is 0.493 e. The Balaban J connectivity index is 1.92. The summed E-state index contributed by atoms with van der Waals surface area (Å²) < 4.78 is 33.9. The van der Waals surface area contributed by atoms with Crippen LogP contribution in [0.15, 0.2) is 42.5 Å². The van der Waals surface area contributed by atoms with Gasteiger partial charge >= 0.3 is 0 Å². The Morgan fingerprint density at radius 3 is 2.17 bits per heavy atom. The number of halogens is 3. The molecule has 0 aliphatic rings. The van der Waals surface area contributed by atoms with E-state index in [0.717, 1.165) is 38.0 Å². The van der Waals surface area contributed by atoms with Crippen LogP contribution in [-0.4, -0.2) is 12.5 Å². The monoisotopic (exact) mass is 352 g/mol. The molecule has 0 saturated heterocycles. The molecule has 0 aromatic heterocycles. The fraction of sp³-hybridized carbons (Fsp3) is 0.400. The van der Waals surface area contributed by atoms with Gasteiger partial charge in [-0.3, -0.25) is 0 Å². The highest BCUT2D eigenvalue weighted by Gasteiger charge is 2.15. The SMILES string of the molecule is Fc1ccccc1-c1c(F)cccc1OCCCCCCCCCl. The molecule has 2 aromatic carbocycles. The summed E-state index contributed by atoms with van der Waals surface area (Å²) in [6, 6.07) is 10.8. The van der Waals surface area contributed by atoms with E-state index < -0.39 is 11.6 Å². The van der Waals surface area contributed by atoms with E-state index in [1.54, 1.807) is 30.3 Å². The lowest BCUT2D eigenvalue weighted by atomic mass is 10.0. The van der Waals surface area contributed by atoms with Crippen LogP contribution in [0.1, 0.15) is 38.5 Å². The second-order valence-electron chi connectivity index (χ2n) is 5.75. The topological polar surface area (TPSA) is 9.23 Å². The Kier molecular flexibility index (Phi) is 8.03. The summed E-state index contributed by atoms with van der Waals surface area (Å²) in [6.07, 6.45) is 6.50. The van der Waals surface area contributed by atoms with Gasteiger partial charge in [-0.2, -0.15) is 0 Å². The lowest BCUT2D eigenvalue weighted by Crippen LogP contribution is -2.01. The third-order valence-corrected chi connectivity index (χ3v) is 4.17. The molecule has 0 saturated carbocycles. The van der Waals surface area contributed by atoms with E-state index in [2.05, 4.69) is 0 Å². The summed E-state index contributed by atoms with van der Waals surface area (Å²) in [5, 5.41) is 0. The molecule has 0 atom stereocenters. The van der Waals surface area contributed by atoms with Gasteiger partial charge in [-0.25, -0.2) is 8.78 Å². The molecule has 0 spiro atoms. The number of alkyl halides is 1. The molecule has 0 bridgehead atoms. The number of rotatable bonds is 10. The van der Waals surface area contributed by atoms with E-state index in [9.17, 15) is 8.78 Å². The number of ether oxygens (including phenoxy) is 1. The van der Waals surface area contributed by atoms with Crippen LogP contribution in [0.3, 0.4) is 0 Å². The van der Waals surface area contributed by atoms with Crippen molar-refractivity contribution in [2.75, 3.05) is 12.5 Å². The van der Waals surface area contributed by atoms with Crippen molar-refractivity contribution in [1.82, 2.24) is 0 Å². The summed E-state index contributed by atoms with van der Waals surface area (Å²) in [7, 11) is 0. The van der Waals surface area contributed by atoms with E-state index in [0.29, 0.717) is 12.4 Å². The van der Waals surface area contributed by atoms with Crippen LogP contribution in [0, 0.1) is 11.6 Å². The third-order valence-electron chi connectivity index (χ3n) is 3.90. The first-order valence-corrected chi connectivity index (χ1v) is 8.99. The molecule has 0 amide bonds. The molecule has 0 heterocycles. The van der Waals surface area contributed by atoms with Crippen molar-refractivity contribution >= 4 is 11.6 Å². The molecule has 0 aliphatic carbocycles. The van der Waals surface area contributed by atoms with E-state index in [-0.39, 0.29) is 11.1 Å². The average Bonchev–Trinajstić information content (AvgIpc) is 2.58. The van der Waals surface area contributed by atoms with Gasteiger partial charge in [0.15, 0.2) is 0 Å². The molecule has 130 valence electrons. The number of unbranched alkanes of at least 4 members (excludes halogenated alkanes) is 5. The van der Waals surface area contributed by atoms with E-state index in [1.165, 1.54) is 18.6 Å². The summed E-state index contributed by atoms with van der Waals surface area (Å²) in [6.45, 7) is 0.500. The van der Waals surface area contributed by atoms with Crippen LogP contribution in [0.25, 0.3) is 11.1 Å². The maximum absolute atomic E-state index is 14.2. The molecule has 0 fully saturated rings. The molecule has 24 heavy (non-hydrogen) atoms. The Bertz CT molecular complexity index is 631. The predicted octanol–water partition coefficient (Wildman–Crippen LogP) is 6.59. The summed E-state index contributed by atoms with van der Waals surface area (Å²) in [4.78, 5) is 0. The fourth-order valence-electron chi connectivity index (χ4n) is 2.64. The standard InChI is InChI=1S/C20H23ClF2O/c21-14-7-3-1-2-4-8-15-24-19-13-9-12-18(23)20(19)16-10-5-6-11-17(16)22/h5-6,9-13H,1-4,7-8,14-15H2. The molecule has 2 aromatic rings. The van der Waals surface area contributed by atoms with E-state index in [1.807, 2.05) is 0 Å². The minimum Gasteiger partial charge on any atom is -0.493 e. The smallest absolute Gasteiger partial charge is 0.134 e. The lowest BCUT2D eigenvalue weighted by molar-refractivity contribution is 0.304. The van der Waals surface area contributed by atoms with Gasteiger partial charge in [0.25, 0.3) is 0 Å². The average molecular weight is 353 g/mol. The Hall–Kier alpha value is -1.61. The first-order chi connectivity index (χ1) is 11.7. The Morgan fingerprint density at radius 1 is 0.750 bits per heavy atom. The first-order valence-electron chi connectivity index (χ1n) is 8.46. The fourth-order valence-corrected chi connectivity index (χ4v) is 2.82. The molecule has 0 radical (unpaired) electrons. The summed E-state index contributed by atoms with van der Waals surface area (Å²) >= 11 is 5.64. The van der Waals surface area contributed by atoms with Crippen LogP contribution in [0.2, 0.25) is 0 Å². The van der Waals surface area contributed by atoms with Crippen molar-refractivity contribution in [1.29, 1.82) is 0 Å². The molecular formula is C20H23ClF2O. The molecule has 2 rings (SSSR count). The van der Waals surface area contributed by atoms with Gasteiger partial charge in [0.05, 0.1) is 12.2 Å². The van der Waals surface area contributed by atoms with Gasteiger partial charge in [0.1, 0.15) is 17.4 Å². The minimum absolute atomic E-state index is 0.192. The van der Waals surface area contributed by atoms with Crippen molar-refractivity contribution in [3.05, 3.63) is 54.1 Å². The zero-order valence-electron chi connectivity index (χ0n) is 13.7. The van der Waals surface area contributed by atoms with Crippen LogP contribution < -0.4 is 4.74 Å². The van der Waals surface area contributed by atoms with Gasteiger partial charge < -0.3 is 4.74 Å². The minimum atomic E-state index is -0.473. The number of hydrogen-bond donors (Lipinski definition) is 0. The lowest BCUT2D eigenvalue weighted by Gasteiger charge is -2.13. The van der Waals surface area contributed by atoms with Crippen molar-refractivity contribution < 1.29 is 13.5 Å². The van der Waals surface area contributed by atoms with Crippen LogP contribution in [-0.2, 0) is 0 Å². The normalized spacial score (nSPS) is 10.8. The highest BCUT2D eigenvalue weighted by Crippen LogP contribution is 2.34. The molecule has 0 unspecified atom stereocenters.